The van der Waals surface area contributed by atoms with Crippen molar-refractivity contribution in [1.29, 1.82) is 0 Å². The Morgan fingerprint density at radius 2 is 2.00 bits per heavy atom. The van der Waals surface area contributed by atoms with E-state index in [4.69, 9.17) is 11.6 Å². The van der Waals surface area contributed by atoms with Gasteiger partial charge in [-0.25, -0.2) is 4.39 Å². The van der Waals surface area contributed by atoms with E-state index in [1.165, 1.54) is 23.0 Å². The van der Waals surface area contributed by atoms with Crippen LogP contribution < -0.4 is 5.32 Å². The molecule has 0 aliphatic carbocycles. The van der Waals surface area contributed by atoms with E-state index in [9.17, 15) is 9.18 Å². The molecule has 136 valence electrons. The summed E-state index contributed by atoms with van der Waals surface area (Å²) in [6.45, 7) is 3.91. The molecule has 0 aliphatic heterocycles. The third-order valence-electron chi connectivity index (χ3n) is 3.89. The number of benzene rings is 1. The molecule has 0 fully saturated rings. The fourth-order valence-electron chi connectivity index (χ4n) is 2.31. The zero-order valence-corrected chi connectivity index (χ0v) is 16.4. The molecule has 3 rings (SSSR count). The lowest BCUT2D eigenvalue weighted by atomic mass is 10.1. The minimum atomic E-state index is -0.951. The number of nitrogens with one attached hydrogen (secondary N) is 1. The van der Waals surface area contributed by atoms with Crippen LogP contribution in [0, 0.1) is 5.82 Å². The predicted molar refractivity (Wildman–Crippen MR) is 101 cm³/mol. The Bertz CT molecular complexity index is 935. The van der Waals surface area contributed by atoms with E-state index in [1.54, 1.807) is 43.1 Å². The van der Waals surface area contributed by atoms with Gasteiger partial charge in [-0.1, -0.05) is 23.7 Å². The molecule has 3 aromatic rings. The van der Waals surface area contributed by atoms with Crippen molar-refractivity contribution in [3.63, 3.8) is 0 Å². The van der Waals surface area contributed by atoms with E-state index < -0.39 is 5.54 Å². The summed E-state index contributed by atoms with van der Waals surface area (Å²) < 4.78 is 16.8. The first-order chi connectivity index (χ1) is 12.3. The second kappa shape index (κ2) is 7.20. The Balaban J connectivity index is 1.74. The largest absolute Gasteiger partial charge is 0.306 e. The van der Waals surface area contributed by atoms with Crippen LogP contribution in [0.15, 0.2) is 47.3 Å². The first-order valence-electron chi connectivity index (χ1n) is 7.75. The second-order valence-electron chi connectivity index (χ2n) is 6.27. The number of hydrogen-bond acceptors (Lipinski definition) is 3. The number of hydrogen-bond donors (Lipinski definition) is 1. The molecule has 1 N–H and O–H groups in total. The molecule has 0 bridgehead atoms. The maximum absolute atomic E-state index is 13.0. The minimum absolute atomic E-state index is 0.287. The molecule has 0 saturated heterocycles. The van der Waals surface area contributed by atoms with E-state index in [0.29, 0.717) is 21.9 Å². The van der Waals surface area contributed by atoms with Crippen molar-refractivity contribution in [3.05, 3.63) is 63.7 Å². The first-order valence-corrected chi connectivity index (χ1v) is 8.92. The summed E-state index contributed by atoms with van der Waals surface area (Å²) in [6, 6.07) is 6.17. The van der Waals surface area contributed by atoms with Crippen LogP contribution >= 0.6 is 27.5 Å². The van der Waals surface area contributed by atoms with Crippen LogP contribution in [0.4, 0.5) is 10.2 Å². The fourth-order valence-corrected chi connectivity index (χ4v) is 2.86. The fraction of sp³-hybridized carbons (Fsp3) is 0.235. The normalized spacial score (nSPS) is 11.6. The second-order valence-corrected chi connectivity index (χ2v) is 7.56. The average molecular weight is 441 g/mol. The number of rotatable bonds is 5. The summed E-state index contributed by atoms with van der Waals surface area (Å²) in [4.78, 5) is 12.7. The van der Waals surface area contributed by atoms with Crippen molar-refractivity contribution < 1.29 is 9.18 Å². The van der Waals surface area contributed by atoms with Gasteiger partial charge in [0.25, 0.3) is 5.91 Å². The molecule has 0 saturated carbocycles. The molecule has 0 atom stereocenters. The van der Waals surface area contributed by atoms with Gasteiger partial charge in [-0.3, -0.25) is 14.2 Å². The molecule has 2 heterocycles. The van der Waals surface area contributed by atoms with Gasteiger partial charge in [-0.15, -0.1) is 0 Å². The lowest BCUT2D eigenvalue weighted by Gasteiger charge is -2.23. The van der Waals surface area contributed by atoms with Gasteiger partial charge in [-0.2, -0.15) is 10.2 Å². The van der Waals surface area contributed by atoms with Crippen LogP contribution in [0.5, 0.6) is 0 Å². The highest BCUT2D eigenvalue weighted by atomic mass is 79.9. The van der Waals surface area contributed by atoms with E-state index in [1.807, 2.05) is 0 Å². The van der Waals surface area contributed by atoms with Gasteiger partial charge in [-0.05, 0) is 47.5 Å². The number of amides is 1. The van der Waals surface area contributed by atoms with Gasteiger partial charge in [0, 0.05) is 12.4 Å². The van der Waals surface area contributed by atoms with Crippen LogP contribution in [-0.4, -0.2) is 25.5 Å². The van der Waals surface area contributed by atoms with Gasteiger partial charge >= 0.3 is 0 Å². The predicted octanol–water partition coefficient (Wildman–Crippen LogP) is 4.06. The van der Waals surface area contributed by atoms with Crippen LogP contribution in [0.1, 0.15) is 19.4 Å². The summed E-state index contributed by atoms with van der Waals surface area (Å²) >= 11 is 9.28. The highest BCUT2D eigenvalue weighted by Crippen LogP contribution is 2.24. The molecule has 6 nitrogen and oxygen atoms in total. The van der Waals surface area contributed by atoms with Crippen molar-refractivity contribution in [2.75, 3.05) is 5.32 Å². The Kier molecular flexibility index (Phi) is 5.15. The standard InChI is InChI=1S/C17H16BrClFN5O/c1-17(2,25-9-12(19)7-21-25)16(26)22-15-14(18)10-24(23-15)8-11-3-5-13(20)6-4-11/h3-7,9-10H,8H2,1-2H3,(H,22,23,26). The van der Waals surface area contributed by atoms with Gasteiger partial charge in [0.2, 0.25) is 0 Å². The minimum Gasteiger partial charge on any atom is -0.306 e. The first kappa shape index (κ1) is 18.6. The van der Waals surface area contributed by atoms with Gasteiger partial charge in [0.05, 0.1) is 22.2 Å². The van der Waals surface area contributed by atoms with Crippen molar-refractivity contribution in [3.8, 4) is 0 Å². The van der Waals surface area contributed by atoms with Crippen LogP contribution in [0.25, 0.3) is 0 Å². The van der Waals surface area contributed by atoms with Crippen LogP contribution in [0.3, 0.4) is 0 Å². The quantitative estimate of drug-likeness (QED) is 0.651. The van der Waals surface area contributed by atoms with Crippen molar-refractivity contribution in [2.45, 2.75) is 25.9 Å². The van der Waals surface area contributed by atoms with Gasteiger partial charge in [0.1, 0.15) is 11.4 Å². The molecule has 1 aromatic carbocycles. The topological polar surface area (TPSA) is 64.7 Å². The molecule has 0 radical (unpaired) electrons. The van der Waals surface area contributed by atoms with Crippen molar-refractivity contribution >= 4 is 39.3 Å². The SMILES string of the molecule is CC(C)(C(=O)Nc1nn(Cc2ccc(F)cc2)cc1Br)n1cc(Cl)cn1. The Morgan fingerprint density at radius 3 is 2.62 bits per heavy atom. The van der Waals surface area contributed by atoms with E-state index in [0.717, 1.165) is 5.56 Å². The third kappa shape index (κ3) is 3.96. The molecule has 26 heavy (non-hydrogen) atoms. The molecule has 0 aliphatic rings. The Labute approximate surface area is 163 Å². The Morgan fingerprint density at radius 1 is 1.31 bits per heavy atom. The highest BCUT2D eigenvalue weighted by Gasteiger charge is 2.31. The van der Waals surface area contributed by atoms with Gasteiger partial charge in [0.15, 0.2) is 5.82 Å². The smallest absolute Gasteiger partial charge is 0.253 e. The van der Waals surface area contributed by atoms with Crippen LogP contribution in [-0.2, 0) is 16.9 Å². The highest BCUT2D eigenvalue weighted by molar-refractivity contribution is 9.10. The van der Waals surface area contributed by atoms with E-state index in [2.05, 4.69) is 31.4 Å². The molecule has 9 heteroatoms. The number of carbonyl (C=O) groups excluding carboxylic acids is 1. The summed E-state index contributed by atoms with van der Waals surface area (Å²) in [5, 5.41) is 11.7. The summed E-state index contributed by atoms with van der Waals surface area (Å²) in [5.41, 5.74) is -0.0568. The monoisotopic (exact) mass is 439 g/mol. The summed E-state index contributed by atoms with van der Waals surface area (Å²) in [5.74, 6) is -0.183. The molecule has 2 aromatic heterocycles. The lowest BCUT2D eigenvalue weighted by Crippen LogP contribution is -2.40. The lowest BCUT2D eigenvalue weighted by molar-refractivity contribution is -0.123. The van der Waals surface area contributed by atoms with Crippen molar-refractivity contribution in [2.24, 2.45) is 0 Å². The van der Waals surface area contributed by atoms with Crippen LogP contribution in [0.2, 0.25) is 5.02 Å². The summed E-state index contributed by atoms with van der Waals surface area (Å²) in [6.07, 6.45) is 4.81. The molecule has 0 spiro atoms. The number of aromatic nitrogens is 4. The molecular formula is C17H16BrClFN5O. The van der Waals surface area contributed by atoms with Crippen molar-refractivity contribution in [1.82, 2.24) is 19.6 Å². The number of nitrogens with zero attached hydrogens (tertiary/aromatic N) is 4. The number of carbonyl (C=O) groups is 1. The average Bonchev–Trinajstić information content (AvgIpc) is 3.16. The van der Waals surface area contributed by atoms with Gasteiger partial charge < -0.3 is 5.32 Å². The number of anilines is 1. The number of halogens is 3. The zero-order valence-electron chi connectivity index (χ0n) is 14.1. The maximum Gasteiger partial charge on any atom is 0.253 e. The maximum atomic E-state index is 13.0. The molecule has 1 amide bonds. The summed E-state index contributed by atoms with van der Waals surface area (Å²) in [7, 11) is 0. The van der Waals surface area contributed by atoms with E-state index in [-0.39, 0.29) is 11.7 Å². The Hall–Kier alpha value is -2.19. The molecule has 0 unspecified atom stereocenters. The molecular weight excluding hydrogens is 425 g/mol. The third-order valence-corrected chi connectivity index (χ3v) is 4.66. The van der Waals surface area contributed by atoms with E-state index >= 15 is 0 Å². The zero-order chi connectivity index (χ0) is 18.9.